The van der Waals surface area contributed by atoms with Crippen molar-refractivity contribution in [1.82, 2.24) is 15.8 Å². The number of hydrazine groups is 1. The molecule has 0 aliphatic heterocycles. The first kappa shape index (κ1) is 14.8. The van der Waals surface area contributed by atoms with Crippen molar-refractivity contribution in [3.05, 3.63) is 58.9 Å². The zero-order valence-electron chi connectivity index (χ0n) is 12.5. The summed E-state index contributed by atoms with van der Waals surface area (Å²) in [7, 11) is 0. The Kier molecular flexibility index (Phi) is 3.61. The van der Waals surface area contributed by atoms with Gasteiger partial charge in [0, 0.05) is 10.9 Å². The van der Waals surface area contributed by atoms with Gasteiger partial charge in [-0.05, 0) is 38.1 Å². The molecule has 0 bridgehead atoms. The third-order valence-electron chi connectivity index (χ3n) is 3.43. The van der Waals surface area contributed by atoms with Gasteiger partial charge in [-0.25, -0.2) is 4.39 Å². The summed E-state index contributed by atoms with van der Waals surface area (Å²) in [6, 6.07) is 7.48. The van der Waals surface area contributed by atoms with E-state index in [0.717, 1.165) is 0 Å². The monoisotopic (exact) mass is 315 g/mol. The lowest BCUT2D eigenvalue weighted by Crippen LogP contribution is -2.41. The van der Waals surface area contributed by atoms with Crippen molar-refractivity contribution in [2.75, 3.05) is 0 Å². The Hall–Kier alpha value is -3.09. The number of benzene rings is 1. The number of aromatic nitrogens is 1. The van der Waals surface area contributed by atoms with Gasteiger partial charge in [-0.2, -0.15) is 0 Å². The second-order valence-electron chi connectivity index (χ2n) is 5.12. The minimum absolute atomic E-state index is 0.144. The van der Waals surface area contributed by atoms with Gasteiger partial charge in [-0.3, -0.25) is 20.4 Å². The minimum atomic E-state index is -0.577. The van der Waals surface area contributed by atoms with Crippen LogP contribution in [0.25, 0.3) is 10.9 Å². The largest absolute Gasteiger partial charge is 0.466 e. The Morgan fingerprint density at radius 2 is 1.87 bits per heavy atom. The molecule has 6 nitrogen and oxygen atoms in total. The van der Waals surface area contributed by atoms with E-state index >= 15 is 0 Å². The molecule has 0 unspecified atom stereocenters. The van der Waals surface area contributed by atoms with Crippen molar-refractivity contribution < 1.29 is 18.4 Å². The third-order valence-corrected chi connectivity index (χ3v) is 3.43. The molecule has 3 aromatic rings. The molecule has 0 aliphatic rings. The fraction of sp³-hybridized carbons (Fsp3) is 0.125. The maximum absolute atomic E-state index is 13.6. The summed E-state index contributed by atoms with van der Waals surface area (Å²) in [4.78, 5) is 26.8. The van der Waals surface area contributed by atoms with E-state index in [1.807, 2.05) is 0 Å². The van der Waals surface area contributed by atoms with E-state index in [0.29, 0.717) is 28.0 Å². The Labute approximate surface area is 130 Å². The van der Waals surface area contributed by atoms with Gasteiger partial charge in [-0.15, -0.1) is 0 Å². The van der Waals surface area contributed by atoms with Crippen molar-refractivity contribution in [2.45, 2.75) is 13.8 Å². The van der Waals surface area contributed by atoms with Crippen LogP contribution in [0.5, 0.6) is 0 Å². The summed E-state index contributed by atoms with van der Waals surface area (Å²) in [5.41, 5.74) is 5.56. The van der Waals surface area contributed by atoms with Crippen LogP contribution in [0, 0.1) is 19.7 Å². The zero-order valence-corrected chi connectivity index (χ0v) is 12.5. The molecule has 23 heavy (non-hydrogen) atoms. The van der Waals surface area contributed by atoms with Crippen molar-refractivity contribution in [1.29, 1.82) is 0 Å². The van der Waals surface area contributed by atoms with Crippen molar-refractivity contribution in [2.24, 2.45) is 0 Å². The SMILES string of the molecule is Cc1cc(C(=O)NNC(=O)c2cc3c(F)cccc3[nH]2)c(C)o1. The quantitative estimate of drug-likeness (QED) is 0.635. The number of halogens is 1. The van der Waals surface area contributed by atoms with E-state index < -0.39 is 17.6 Å². The van der Waals surface area contributed by atoms with Crippen LogP contribution in [0.2, 0.25) is 0 Å². The number of amides is 2. The minimum Gasteiger partial charge on any atom is -0.466 e. The number of hydrogen-bond acceptors (Lipinski definition) is 3. The van der Waals surface area contributed by atoms with Crippen LogP contribution in [0.1, 0.15) is 32.4 Å². The average molecular weight is 315 g/mol. The van der Waals surface area contributed by atoms with E-state index in [4.69, 9.17) is 4.42 Å². The van der Waals surface area contributed by atoms with Gasteiger partial charge in [0.15, 0.2) is 0 Å². The number of furan rings is 1. The Bertz CT molecular complexity index is 911. The molecule has 3 N–H and O–H groups in total. The van der Waals surface area contributed by atoms with Crippen LogP contribution in [-0.4, -0.2) is 16.8 Å². The highest BCUT2D eigenvalue weighted by atomic mass is 19.1. The number of aromatic amines is 1. The highest BCUT2D eigenvalue weighted by Crippen LogP contribution is 2.18. The number of H-pyrrole nitrogens is 1. The molecule has 2 heterocycles. The smallest absolute Gasteiger partial charge is 0.286 e. The van der Waals surface area contributed by atoms with Gasteiger partial charge >= 0.3 is 0 Å². The van der Waals surface area contributed by atoms with Gasteiger partial charge in [0.25, 0.3) is 11.8 Å². The lowest BCUT2D eigenvalue weighted by molar-refractivity contribution is 0.0843. The molecular weight excluding hydrogens is 301 g/mol. The lowest BCUT2D eigenvalue weighted by atomic mass is 10.2. The first-order valence-electron chi connectivity index (χ1n) is 6.90. The summed E-state index contributed by atoms with van der Waals surface area (Å²) in [5, 5.41) is 0.310. The molecule has 0 saturated heterocycles. The molecule has 2 amide bonds. The maximum Gasteiger partial charge on any atom is 0.286 e. The van der Waals surface area contributed by atoms with E-state index in [1.54, 1.807) is 32.0 Å². The van der Waals surface area contributed by atoms with Gasteiger partial charge in [-0.1, -0.05) is 6.07 Å². The molecule has 0 atom stereocenters. The van der Waals surface area contributed by atoms with Crippen molar-refractivity contribution >= 4 is 22.7 Å². The lowest BCUT2D eigenvalue weighted by Gasteiger charge is -2.05. The topological polar surface area (TPSA) is 87.1 Å². The number of nitrogens with one attached hydrogen (secondary N) is 3. The predicted molar refractivity (Wildman–Crippen MR) is 81.4 cm³/mol. The molecule has 2 aromatic heterocycles. The molecule has 3 rings (SSSR count). The van der Waals surface area contributed by atoms with Crippen LogP contribution < -0.4 is 10.9 Å². The van der Waals surface area contributed by atoms with Crippen LogP contribution in [-0.2, 0) is 0 Å². The average Bonchev–Trinajstić information content (AvgIpc) is 3.08. The highest BCUT2D eigenvalue weighted by molar-refractivity contribution is 6.01. The van der Waals surface area contributed by atoms with Crippen LogP contribution >= 0.6 is 0 Å². The van der Waals surface area contributed by atoms with Crippen molar-refractivity contribution in [3.8, 4) is 0 Å². The van der Waals surface area contributed by atoms with Gasteiger partial charge in [0.05, 0.1) is 5.56 Å². The van der Waals surface area contributed by atoms with Gasteiger partial charge in [0.1, 0.15) is 23.0 Å². The molecule has 0 fully saturated rings. The predicted octanol–water partition coefficient (Wildman–Crippen LogP) is 2.59. The van der Waals surface area contributed by atoms with E-state index in [1.165, 1.54) is 12.1 Å². The summed E-state index contributed by atoms with van der Waals surface area (Å²) in [5.74, 6) is -0.430. The third kappa shape index (κ3) is 2.80. The summed E-state index contributed by atoms with van der Waals surface area (Å²) in [6.07, 6.45) is 0. The number of carbonyl (C=O) groups is 2. The number of fused-ring (bicyclic) bond motifs is 1. The summed E-state index contributed by atoms with van der Waals surface area (Å²) in [6.45, 7) is 3.38. The fourth-order valence-electron chi connectivity index (χ4n) is 2.34. The Morgan fingerprint density at radius 3 is 2.52 bits per heavy atom. The number of aryl methyl sites for hydroxylation is 2. The van der Waals surface area contributed by atoms with Crippen LogP contribution in [0.15, 0.2) is 34.7 Å². The molecule has 118 valence electrons. The molecule has 7 heteroatoms. The molecule has 0 aliphatic carbocycles. The molecule has 0 spiro atoms. The summed E-state index contributed by atoms with van der Waals surface area (Å²) >= 11 is 0. The highest BCUT2D eigenvalue weighted by Gasteiger charge is 2.16. The maximum atomic E-state index is 13.6. The first-order chi connectivity index (χ1) is 11.0. The van der Waals surface area contributed by atoms with Crippen LogP contribution in [0.4, 0.5) is 4.39 Å². The molecule has 1 aromatic carbocycles. The Balaban J connectivity index is 1.72. The molecule has 0 radical (unpaired) electrons. The van der Waals surface area contributed by atoms with E-state index in [9.17, 15) is 14.0 Å². The molecular formula is C16H14FN3O3. The standard InChI is InChI=1S/C16H14FN3O3/c1-8-6-10(9(2)23-8)15(21)19-20-16(22)14-7-11-12(17)4-3-5-13(11)18-14/h3-7,18H,1-2H3,(H,19,21)(H,20,22). The van der Waals surface area contributed by atoms with Crippen molar-refractivity contribution in [3.63, 3.8) is 0 Å². The number of rotatable bonds is 2. The first-order valence-corrected chi connectivity index (χ1v) is 6.90. The number of carbonyl (C=O) groups excluding carboxylic acids is 2. The number of hydrogen-bond donors (Lipinski definition) is 3. The fourth-order valence-corrected chi connectivity index (χ4v) is 2.34. The van der Waals surface area contributed by atoms with Crippen LogP contribution in [0.3, 0.4) is 0 Å². The van der Waals surface area contributed by atoms with Gasteiger partial charge in [0.2, 0.25) is 0 Å². The molecule has 0 saturated carbocycles. The summed E-state index contributed by atoms with van der Waals surface area (Å²) < 4.78 is 18.9. The second-order valence-corrected chi connectivity index (χ2v) is 5.12. The Morgan fingerprint density at radius 1 is 1.13 bits per heavy atom. The zero-order chi connectivity index (χ0) is 16.6. The van der Waals surface area contributed by atoms with E-state index in [-0.39, 0.29) is 5.69 Å². The normalized spacial score (nSPS) is 10.7. The van der Waals surface area contributed by atoms with E-state index in [2.05, 4.69) is 15.8 Å². The van der Waals surface area contributed by atoms with Gasteiger partial charge < -0.3 is 9.40 Å². The second kappa shape index (κ2) is 5.60.